The van der Waals surface area contributed by atoms with Crippen LogP contribution in [0.15, 0.2) is 42.9 Å². The van der Waals surface area contributed by atoms with E-state index < -0.39 is 17.5 Å². The van der Waals surface area contributed by atoms with Crippen molar-refractivity contribution in [2.75, 3.05) is 13.1 Å². The second kappa shape index (κ2) is 7.14. The van der Waals surface area contributed by atoms with Crippen molar-refractivity contribution < 1.29 is 18.7 Å². The number of hydrogen-bond acceptors (Lipinski definition) is 5. The lowest BCUT2D eigenvalue weighted by Crippen LogP contribution is -2.47. The molecule has 1 aliphatic rings. The summed E-state index contributed by atoms with van der Waals surface area (Å²) in [5.74, 6) is -1.66. The molecular weight excluding hydrogens is 351 g/mol. The molecule has 1 fully saturated rings. The maximum Gasteiger partial charge on any atom is 0.316 e. The minimum atomic E-state index is -0.562. The predicted molar refractivity (Wildman–Crippen MR) is 94.8 cm³/mol. The number of H-pyrrole nitrogens is 1. The molecule has 4 rings (SSSR count). The number of aromatic nitrogens is 3. The predicted octanol–water partition coefficient (Wildman–Crippen LogP) is 2.35. The third kappa shape index (κ3) is 3.51. The highest BCUT2D eigenvalue weighted by Crippen LogP contribution is 2.21. The minimum absolute atomic E-state index is 0.0543. The van der Waals surface area contributed by atoms with Gasteiger partial charge in [-0.25, -0.2) is 14.4 Å². The summed E-state index contributed by atoms with van der Waals surface area (Å²) in [5, 5.41) is 0.723. The van der Waals surface area contributed by atoms with Crippen LogP contribution in [0.3, 0.4) is 0 Å². The lowest BCUT2D eigenvalue weighted by Gasteiger charge is -2.31. The van der Waals surface area contributed by atoms with E-state index in [2.05, 4.69) is 15.0 Å². The Labute approximate surface area is 154 Å². The molecule has 0 aliphatic carbocycles. The van der Waals surface area contributed by atoms with Crippen LogP contribution in [0.5, 0.6) is 6.01 Å². The number of halogens is 1. The number of ketones is 1. The van der Waals surface area contributed by atoms with Crippen molar-refractivity contribution in [3.05, 3.63) is 54.2 Å². The molecule has 1 saturated heterocycles. The first kappa shape index (κ1) is 17.1. The quantitative estimate of drug-likeness (QED) is 0.564. The number of para-hydroxylation sites is 1. The molecule has 1 N–H and O–H groups in total. The third-order valence-corrected chi connectivity index (χ3v) is 4.56. The molecular formula is C19H17FN4O3. The molecule has 1 amide bonds. The first-order chi connectivity index (χ1) is 13.1. The molecule has 3 aromatic rings. The number of benzene rings is 1. The number of rotatable bonds is 4. The topological polar surface area (TPSA) is 88.2 Å². The minimum Gasteiger partial charge on any atom is -0.458 e. The van der Waals surface area contributed by atoms with Crippen LogP contribution in [-0.4, -0.2) is 50.7 Å². The number of Topliss-reactive ketones (excluding diaryl/α,β-unsaturated/α-hetero) is 1. The van der Waals surface area contributed by atoms with Crippen molar-refractivity contribution >= 4 is 22.6 Å². The Balaban J connectivity index is 1.46. The Morgan fingerprint density at radius 1 is 1.22 bits per heavy atom. The van der Waals surface area contributed by atoms with E-state index in [1.807, 2.05) is 18.2 Å². The molecule has 8 heteroatoms. The highest BCUT2D eigenvalue weighted by Gasteiger charge is 2.30. The standard InChI is InChI=1S/C19H17FN4O3/c20-12-8-22-19(23-9-12)27-13-4-3-7-24(11-13)18(26)17(25)15-10-21-16-6-2-1-5-14(15)16/h1-2,5-6,8-10,13,21H,3-4,7,11H2. The van der Waals surface area contributed by atoms with Gasteiger partial charge in [0.05, 0.1) is 24.5 Å². The monoisotopic (exact) mass is 368 g/mol. The van der Waals surface area contributed by atoms with Crippen molar-refractivity contribution in [2.45, 2.75) is 18.9 Å². The number of aromatic amines is 1. The molecule has 0 spiro atoms. The van der Waals surface area contributed by atoms with E-state index in [0.717, 1.165) is 23.3 Å². The van der Waals surface area contributed by atoms with Gasteiger partial charge in [-0.3, -0.25) is 9.59 Å². The Morgan fingerprint density at radius 2 is 2.00 bits per heavy atom. The van der Waals surface area contributed by atoms with Gasteiger partial charge in [0.15, 0.2) is 5.82 Å². The van der Waals surface area contributed by atoms with Crippen LogP contribution < -0.4 is 4.74 Å². The van der Waals surface area contributed by atoms with Gasteiger partial charge in [0.25, 0.3) is 11.7 Å². The van der Waals surface area contributed by atoms with E-state index >= 15 is 0 Å². The number of nitrogens with zero attached hydrogens (tertiary/aromatic N) is 3. The zero-order valence-electron chi connectivity index (χ0n) is 14.4. The molecule has 138 valence electrons. The van der Waals surface area contributed by atoms with Gasteiger partial charge in [0, 0.05) is 23.6 Å². The molecule has 3 heterocycles. The number of hydrogen-bond donors (Lipinski definition) is 1. The van der Waals surface area contributed by atoms with E-state index in [1.165, 1.54) is 4.90 Å². The maximum absolute atomic E-state index is 12.9. The smallest absolute Gasteiger partial charge is 0.316 e. The van der Waals surface area contributed by atoms with Crippen LogP contribution in [0.25, 0.3) is 10.9 Å². The average Bonchev–Trinajstić information content (AvgIpc) is 3.13. The number of amides is 1. The number of nitrogens with one attached hydrogen (secondary N) is 1. The first-order valence-corrected chi connectivity index (χ1v) is 8.66. The number of piperidine rings is 1. The molecule has 1 aliphatic heterocycles. The largest absolute Gasteiger partial charge is 0.458 e. The molecule has 7 nitrogen and oxygen atoms in total. The van der Waals surface area contributed by atoms with Gasteiger partial charge in [-0.15, -0.1) is 0 Å². The molecule has 27 heavy (non-hydrogen) atoms. The van der Waals surface area contributed by atoms with E-state index in [4.69, 9.17) is 4.74 Å². The third-order valence-electron chi connectivity index (χ3n) is 4.56. The number of likely N-dealkylation sites (tertiary alicyclic amines) is 1. The van der Waals surface area contributed by atoms with Crippen LogP contribution in [0, 0.1) is 5.82 Å². The summed E-state index contributed by atoms with van der Waals surface area (Å²) < 4.78 is 18.5. The Bertz CT molecular complexity index is 986. The normalized spacial score (nSPS) is 17.1. The molecule has 0 radical (unpaired) electrons. The fraction of sp³-hybridized carbons (Fsp3) is 0.263. The van der Waals surface area contributed by atoms with E-state index in [-0.39, 0.29) is 18.7 Å². The van der Waals surface area contributed by atoms with Gasteiger partial charge in [0.1, 0.15) is 6.10 Å². The summed E-state index contributed by atoms with van der Waals surface area (Å²) in [6.07, 6.45) is 4.66. The summed E-state index contributed by atoms with van der Waals surface area (Å²) in [6.45, 7) is 0.741. The van der Waals surface area contributed by atoms with Crippen LogP contribution in [0.2, 0.25) is 0 Å². The molecule has 0 saturated carbocycles. The molecule has 1 aromatic carbocycles. The van der Waals surface area contributed by atoms with Gasteiger partial charge < -0.3 is 14.6 Å². The average molecular weight is 368 g/mol. The van der Waals surface area contributed by atoms with Crippen molar-refractivity contribution in [3.8, 4) is 6.01 Å². The molecule has 0 bridgehead atoms. The molecule has 1 unspecified atom stereocenters. The highest BCUT2D eigenvalue weighted by atomic mass is 19.1. The van der Waals surface area contributed by atoms with Gasteiger partial charge in [-0.05, 0) is 18.9 Å². The van der Waals surface area contributed by atoms with Crippen LogP contribution >= 0.6 is 0 Å². The zero-order chi connectivity index (χ0) is 18.8. The first-order valence-electron chi connectivity index (χ1n) is 8.66. The van der Waals surface area contributed by atoms with Crippen molar-refractivity contribution in [3.63, 3.8) is 0 Å². The summed E-state index contributed by atoms with van der Waals surface area (Å²) >= 11 is 0. The van der Waals surface area contributed by atoms with Gasteiger partial charge in [-0.2, -0.15) is 0 Å². The van der Waals surface area contributed by atoms with Crippen LogP contribution in [-0.2, 0) is 4.79 Å². The van der Waals surface area contributed by atoms with Crippen LogP contribution in [0.4, 0.5) is 4.39 Å². The summed E-state index contributed by atoms with van der Waals surface area (Å²) in [4.78, 5) is 37.4. The summed E-state index contributed by atoms with van der Waals surface area (Å²) in [5.41, 5.74) is 1.17. The van der Waals surface area contributed by atoms with Crippen molar-refractivity contribution in [1.29, 1.82) is 0 Å². The number of carbonyl (C=O) groups is 2. The number of ether oxygens (including phenoxy) is 1. The van der Waals surface area contributed by atoms with Crippen molar-refractivity contribution in [1.82, 2.24) is 19.9 Å². The van der Waals surface area contributed by atoms with E-state index in [1.54, 1.807) is 12.3 Å². The SMILES string of the molecule is O=C(C(=O)N1CCCC(Oc2ncc(F)cn2)C1)c1c[nH]c2ccccc12. The van der Waals surface area contributed by atoms with Crippen LogP contribution in [0.1, 0.15) is 23.2 Å². The Hall–Kier alpha value is -3.29. The summed E-state index contributed by atoms with van der Waals surface area (Å²) in [6, 6.07) is 7.40. The number of carbonyl (C=O) groups excluding carboxylic acids is 2. The van der Waals surface area contributed by atoms with Gasteiger partial charge in [0.2, 0.25) is 0 Å². The summed E-state index contributed by atoms with van der Waals surface area (Å²) in [7, 11) is 0. The van der Waals surface area contributed by atoms with Crippen molar-refractivity contribution in [2.24, 2.45) is 0 Å². The molecule has 1 atom stereocenters. The second-order valence-electron chi connectivity index (χ2n) is 6.39. The van der Waals surface area contributed by atoms with Gasteiger partial charge >= 0.3 is 6.01 Å². The lowest BCUT2D eigenvalue weighted by molar-refractivity contribution is -0.129. The number of fused-ring (bicyclic) bond motifs is 1. The van der Waals surface area contributed by atoms with E-state index in [0.29, 0.717) is 24.9 Å². The van der Waals surface area contributed by atoms with Gasteiger partial charge in [-0.1, -0.05) is 18.2 Å². The highest BCUT2D eigenvalue weighted by molar-refractivity contribution is 6.44. The zero-order valence-corrected chi connectivity index (χ0v) is 14.4. The molecule has 2 aromatic heterocycles. The fourth-order valence-electron chi connectivity index (χ4n) is 3.25. The van der Waals surface area contributed by atoms with E-state index in [9.17, 15) is 14.0 Å². The lowest BCUT2D eigenvalue weighted by atomic mass is 10.0. The fourth-order valence-corrected chi connectivity index (χ4v) is 3.25. The Morgan fingerprint density at radius 3 is 2.81 bits per heavy atom. The Kier molecular flexibility index (Phi) is 4.53. The maximum atomic E-state index is 12.9. The second-order valence-corrected chi connectivity index (χ2v) is 6.39.